The standard InChI is InChI=1S/C29H38F3N7O6S/c1-6-24(40)34-28(3,26(42)39-14-12-38(4)13-15-39)18(2)19-10-11-23(22(30)16-19)33-27(43)36-35-25(41)29(31,32)20-8-7-9-21(17-20)37-46(5,44)45/h7-11,16-18,37H,6,12-15H2,1-5H3,(H,34,40)(H,35,41)(H2,33,36,43)/t18-,28?/m0/s1. The number of piperazine rings is 1. The fourth-order valence-electron chi connectivity index (χ4n) is 4.77. The Morgan fingerprint density at radius 3 is 2.24 bits per heavy atom. The molecule has 1 heterocycles. The monoisotopic (exact) mass is 669 g/mol. The Kier molecular flexibility index (Phi) is 11.3. The second kappa shape index (κ2) is 14.4. The molecule has 1 fully saturated rings. The summed E-state index contributed by atoms with van der Waals surface area (Å²) in [5.41, 5.74) is 0.768. The number of hydrogen-bond donors (Lipinski definition) is 5. The number of carbonyl (C=O) groups is 4. The Bertz CT molecular complexity index is 1580. The number of amides is 5. The minimum absolute atomic E-state index is 0.125. The summed E-state index contributed by atoms with van der Waals surface area (Å²) in [6.45, 7) is 7.13. The van der Waals surface area contributed by atoms with E-state index in [2.05, 4.69) is 15.5 Å². The lowest BCUT2D eigenvalue weighted by molar-refractivity contribution is -0.147. The molecule has 0 radical (unpaired) electrons. The van der Waals surface area contributed by atoms with E-state index in [0.717, 1.165) is 30.5 Å². The van der Waals surface area contributed by atoms with Gasteiger partial charge >= 0.3 is 17.9 Å². The van der Waals surface area contributed by atoms with Crippen molar-refractivity contribution in [2.45, 2.75) is 44.6 Å². The average molecular weight is 670 g/mol. The van der Waals surface area contributed by atoms with Gasteiger partial charge in [0.05, 0.1) is 11.9 Å². The normalized spacial score (nSPS) is 16.0. The first kappa shape index (κ1) is 36.1. The third kappa shape index (κ3) is 8.87. The highest BCUT2D eigenvalue weighted by atomic mass is 32.2. The molecule has 1 saturated heterocycles. The first-order valence-corrected chi connectivity index (χ1v) is 16.2. The van der Waals surface area contributed by atoms with Crippen LogP contribution in [0.4, 0.5) is 29.3 Å². The molecule has 17 heteroatoms. The Morgan fingerprint density at radius 1 is 1.00 bits per heavy atom. The highest BCUT2D eigenvalue weighted by Gasteiger charge is 2.44. The van der Waals surface area contributed by atoms with Gasteiger partial charge in [-0.05, 0) is 43.8 Å². The summed E-state index contributed by atoms with van der Waals surface area (Å²) in [6.07, 6.45) is 0.949. The summed E-state index contributed by atoms with van der Waals surface area (Å²) in [7, 11) is -1.83. The van der Waals surface area contributed by atoms with Crippen LogP contribution < -0.4 is 26.2 Å². The topological polar surface area (TPSA) is 169 Å². The molecule has 2 atom stereocenters. The number of nitrogens with one attached hydrogen (secondary N) is 5. The van der Waals surface area contributed by atoms with Crippen LogP contribution >= 0.6 is 0 Å². The molecule has 46 heavy (non-hydrogen) atoms. The summed E-state index contributed by atoms with van der Waals surface area (Å²) in [5.74, 6) is -8.45. The van der Waals surface area contributed by atoms with Crippen LogP contribution in [0.1, 0.15) is 44.2 Å². The van der Waals surface area contributed by atoms with Crippen LogP contribution in [-0.4, -0.2) is 87.0 Å². The zero-order chi connectivity index (χ0) is 34.4. The smallest absolute Gasteiger partial charge is 0.341 e. The van der Waals surface area contributed by atoms with E-state index in [4.69, 9.17) is 0 Å². The van der Waals surface area contributed by atoms with E-state index in [0.29, 0.717) is 31.7 Å². The van der Waals surface area contributed by atoms with E-state index in [1.165, 1.54) is 18.2 Å². The predicted octanol–water partition coefficient (Wildman–Crippen LogP) is 2.30. The zero-order valence-electron chi connectivity index (χ0n) is 26.0. The molecule has 1 aliphatic rings. The van der Waals surface area contributed by atoms with Crippen LogP contribution in [0.15, 0.2) is 42.5 Å². The summed E-state index contributed by atoms with van der Waals surface area (Å²) in [4.78, 5) is 54.4. The Labute approximate surface area is 265 Å². The maximum absolute atomic E-state index is 15.2. The van der Waals surface area contributed by atoms with Crippen LogP contribution in [0.5, 0.6) is 0 Å². The van der Waals surface area contributed by atoms with Gasteiger partial charge in [-0.1, -0.05) is 32.0 Å². The van der Waals surface area contributed by atoms with Crippen molar-refractivity contribution in [1.82, 2.24) is 26.0 Å². The Balaban J connectivity index is 1.69. The Morgan fingerprint density at radius 2 is 1.65 bits per heavy atom. The average Bonchev–Trinajstić information content (AvgIpc) is 2.99. The number of hydrazine groups is 1. The van der Waals surface area contributed by atoms with Gasteiger partial charge in [-0.25, -0.2) is 23.0 Å². The van der Waals surface area contributed by atoms with E-state index in [1.54, 1.807) is 36.5 Å². The summed E-state index contributed by atoms with van der Waals surface area (Å²) >= 11 is 0. The molecule has 13 nitrogen and oxygen atoms in total. The first-order valence-electron chi connectivity index (χ1n) is 14.3. The molecule has 0 aliphatic carbocycles. The molecular weight excluding hydrogens is 631 g/mol. The number of sulfonamides is 1. The van der Waals surface area contributed by atoms with Gasteiger partial charge in [0.25, 0.3) is 0 Å². The minimum Gasteiger partial charge on any atom is -0.341 e. The maximum Gasteiger partial charge on any atom is 0.351 e. The second-order valence-corrected chi connectivity index (χ2v) is 13.0. The van der Waals surface area contributed by atoms with Crippen molar-refractivity contribution in [2.24, 2.45) is 0 Å². The summed E-state index contributed by atoms with van der Waals surface area (Å²) in [6, 6.07) is 6.44. The van der Waals surface area contributed by atoms with E-state index in [1.807, 2.05) is 11.8 Å². The van der Waals surface area contributed by atoms with E-state index < -0.39 is 50.7 Å². The number of likely N-dealkylation sites (N-methyl/N-ethyl adjacent to an activating group) is 1. The number of rotatable bonds is 10. The number of urea groups is 1. The van der Waals surface area contributed by atoms with Crippen molar-refractivity contribution >= 4 is 45.2 Å². The number of carbonyl (C=O) groups excluding carboxylic acids is 4. The highest BCUT2D eigenvalue weighted by Crippen LogP contribution is 2.33. The quantitative estimate of drug-likeness (QED) is 0.242. The molecule has 2 aromatic carbocycles. The molecular formula is C29H38F3N7O6S. The van der Waals surface area contributed by atoms with Gasteiger partial charge in [0.1, 0.15) is 11.4 Å². The lowest BCUT2D eigenvalue weighted by atomic mass is 9.80. The molecule has 0 bridgehead atoms. The molecule has 3 rings (SSSR count). The zero-order valence-corrected chi connectivity index (χ0v) is 26.9. The van der Waals surface area contributed by atoms with Gasteiger partial charge < -0.3 is 20.4 Å². The van der Waals surface area contributed by atoms with E-state index >= 15 is 4.39 Å². The highest BCUT2D eigenvalue weighted by molar-refractivity contribution is 7.92. The number of nitrogens with zero attached hydrogens (tertiary/aromatic N) is 2. The van der Waals surface area contributed by atoms with Crippen molar-refractivity contribution in [3.63, 3.8) is 0 Å². The second-order valence-electron chi connectivity index (χ2n) is 11.2. The van der Waals surface area contributed by atoms with Gasteiger partial charge in [-0.2, -0.15) is 8.78 Å². The van der Waals surface area contributed by atoms with Gasteiger partial charge in [0.2, 0.25) is 21.8 Å². The molecule has 2 aromatic rings. The first-order chi connectivity index (χ1) is 21.4. The maximum atomic E-state index is 15.2. The summed E-state index contributed by atoms with van der Waals surface area (Å²) in [5, 5.41) is 4.91. The van der Waals surface area contributed by atoms with E-state index in [9.17, 15) is 36.4 Å². The van der Waals surface area contributed by atoms with Gasteiger partial charge in [-0.15, -0.1) is 0 Å². The molecule has 252 valence electrons. The molecule has 0 saturated carbocycles. The number of alkyl halides is 2. The fourth-order valence-corrected chi connectivity index (χ4v) is 5.32. The lowest BCUT2D eigenvalue weighted by Gasteiger charge is -2.42. The van der Waals surface area contributed by atoms with E-state index in [-0.39, 0.29) is 29.6 Å². The number of benzene rings is 2. The molecule has 5 N–H and O–H groups in total. The Hall–Kier alpha value is -4.38. The lowest BCUT2D eigenvalue weighted by Crippen LogP contribution is -2.62. The summed E-state index contributed by atoms with van der Waals surface area (Å²) < 4.78 is 69.5. The number of halogens is 3. The third-order valence-electron chi connectivity index (χ3n) is 7.67. The van der Waals surface area contributed by atoms with Crippen LogP contribution in [0.2, 0.25) is 0 Å². The molecule has 5 amide bonds. The van der Waals surface area contributed by atoms with Crippen LogP contribution in [0.25, 0.3) is 0 Å². The molecule has 1 aliphatic heterocycles. The van der Waals surface area contributed by atoms with Crippen molar-refractivity contribution < 1.29 is 40.8 Å². The molecule has 0 spiro atoms. The number of hydrogen-bond acceptors (Lipinski definition) is 7. The molecule has 0 aromatic heterocycles. The van der Waals surface area contributed by atoms with Crippen LogP contribution in [0.3, 0.4) is 0 Å². The van der Waals surface area contributed by atoms with Gasteiger partial charge in [0.15, 0.2) is 0 Å². The fraction of sp³-hybridized carbons (Fsp3) is 0.448. The number of anilines is 2. The van der Waals surface area contributed by atoms with Crippen LogP contribution in [-0.2, 0) is 30.3 Å². The van der Waals surface area contributed by atoms with Crippen molar-refractivity contribution in [3.8, 4) is 0 Å². The van der Waals surface area contributed by atoms with Gasteiger partial charge in [-0.3, -0.25) is 24.5 Å². The van der Waals surface area contributed by atoms with Crippen molar-refractivity contribution in [1.29, 1.82) is 0 Å². The molecule has 1 unspecified atom stereocenters. The van der Waals surface area contributed by atoms with Gasteiger partial charge in [0, 0.05) is 49.8 Å². The van der Waals surface area contributed by atoms with Crippen LogP contribution in [0, 0.1) is 5.82 Å². The van der Waals surface area contributed by atoms with Crippen molar-refractivity contribution in [3.05, 3.63) is 59.4 Å². The SMILES string of the molecule is CCC(=O)NC(C)(C(=O)N1CCN(C)CC1)[C@@H](C)c1ccc(NC(=O)NNC(=O)C(F)(F)c2cccc(NS(C)(=O)=O)c2)c(F)c1. The van der Waals surface area contributed by atoms with Crippen molar-refractivity contribution in [2.75, 3.05) is 49.5 Å². The minimum atomic E-state index is -4.19. The third-order valence-corrected chi connectivity index (χ3v) is 8.27. The largest absolute Gasteiger partial charge is 0.351 e. The predicted molar refractivity (Wildman–Crippen MR) is 165 cm³/mol.